The van der Waals surface area contributed by atoms with Crippen LogP contribution in [0.2, 0.25) is 5.02 Å². The quantitative estimate of drug-likeness (QED) is 0.759. The Hall–Kier alpha value is -2.53. The van der Waals surface area contributed by atoms with Crippen molar-refractivity contribution >= 4 is 29.2 Å². The molecule has 1 N–H and O–H groups in total. The molecule has 0 atom stereocenters. The monoisotopic (exact) mass is 361 g/mol. The summed E-state index contributed by atoms with van der Waals surface area (Å²) in [6.45, 7) is 3.64. The third-order valence-electron chi connectivity index (χ3n) is 3.39. The summed E-state index contributed by atoms with van der Waals surface area (Å²) in [5.41, 5.74) is 2.54. The topological polar surface area (TPSA) is 64.6 Å². The molecule has 0 saturated heterocycles. The molecule has 6 heteroatoms. The fourth-order valence-electron chi connectivity index (χ4n) is 2.13. The molecule has 0 aromatic heterocycles. The van der Waals surface area contributed by atoms with E-state index in [2.05, 4.69) is 5.32 Å². The number of esters is 1. The van der Waals surface area contributed by atoms with Gasteiger partial charge in [-0.05, 0) is 55.3 Å². The van der Waals surface area contributed by atoms with E-state index in [4.69, 9.17) is 21.1 Å². The van der Waals surface area contributed by atoms with Crippen LogP contribution >= 0.6 is 11.6 Å². The summed E-state index contributed by atoms with van der Waals surface area (Å²) in [7, 11) is 0. The van der Waals surface area contributed by atoms with Crippen LogP contribution in [0.5, 0.6) is 5.75 Å². The minimum absolute atomic E-state index is 0.0706. The molecule has 0 fully saturated rings. The number of rotatable bonds is 7. The second-order valence-corrected chi connectivity index (χ2v) is 6.02. The van der Waals surface area contributed by atoms with Crippen LogP contribution in [0.25, 0.3) is 0 Å². The van der Waals surface area contributed by atoms with E-state index < -0.39 is 11.9 Å². The minimum atomic E-state index is -0.490. The predicted octanol–water partition coefficient (Wildman–Crippen LogP) is 3.91. The van der Waals surface area contributed by atoms with Crippen molar-refractivity contribution in [1.82, 2.24) is 0 Å². The molecule has 0 bridgehead atoms. The van der Waals surface area contributed by atoms with Crippen LogP contribution in [0.1, 0.15) is 17.5 Å². The van der Waals surface area contributed by atoms with Crippen LogP contribution in [0, 0.1) is 13.8 Å². The van der Waals surface area contributed by atoms with E-state index >= 15 is 0 Å². The highest BCUT2D eigenvalue weighted by molar-refractivity contribution is 6.30. The van der Waals surface area contributed by atoms with E-state index in [0.717, 1.165) is 11.1 Å². The number of benzene rings is 2. The largest absolute Gasteiger partial charge is 0.493 e. The molecule has 132 valence electrons. The number of aryl methyl sites for hydroxylation is 2. The first kappa shape index (κ1) is 18.8. The first-order valence-corrected chi connectivity index (χ1v) is 8.23. The minimum Gasteiger partial charge on any atom is -0.493 e. The molecular formula is C19H20ClNO4. The van der Waals surface area contributed by atoms with Gasteiger partial charge in [-0.3, -0.25) is 9.59 Å². The first-order valence-electron chi connectivity index (χ1n) is 7.85. The van der Waals surface area contributed by atoms with Crippen molar-refractivity contribution in [3.8, 4) is 5.75 Å². The molecule has 0 spiro atoms. The molecule has 5 nitrogen and oxygen atoms in total. The maximum absolute atomic E-state index is 11.8. The highest BCUT2D eigenvalue weighted by atomic mass is 35.5. The zero-order chi connectivity index (χ0) is 18.2. The van der Waals surface area contributed by atoms with Crippen LogP contribution in [-0.4, -0.2) is 25.1 Å². The van der Waals surface area contributed by atoms with Crippen LogP contribution in [0.4, 0.5) is 5.69 Å². The van der Waals surface area contributed by atoms with Gasteiger partial charge in [-0.25, -0.2) is 0 Å². The summed E-state index contributed by atoms with van der Waals surface area (Å²) < 4.78 is 10.4. The fraction of sp³-hybridized carbons (Fsp3) is 0.263. The van der Waals surface area contributed by atoms with Crippen molar-refractivity contribution in [3.63, 3.8) is 0 Å². The number of halogens is 1. The van der Waals surface area contributed by atoms with E-state index in [1.165, 1.54) is 0 Å². The summed E-state index contributed by atoms with van der Waals surface area (Å²) in [4.78, 5) is 23.5. The Morgan fingerprint density at radius 2 is 1.92 bits per heavy atom. The number of carbonyl (C=O) groups is 2. The highest BCUT2D eigenvalue weighted by Gasteiger charge is 2.09. The average molecular weight is 362 g/mol. The Morgan fingerprint density at radius 3 is 2.64 bits per heavy atom. The van der Waals surface area contributed by atoms with E-state index in [0.29, 0.717) is 16.5 Å². The number of anilines is 1. The Labute approximate surface area is 151 Å². The van der Waals surface area contributed by atoms with Gasteiger partial charge < -0.3 is 14.8 Å². The van der Waals surface area contributed by atoms with Gasteiger partial charge in [0, 0.05) is 10.7 Å². The average Bonchev–Trinajstić information content (AvgIpc) is 2.56. The van der Waals surface area contributed by atoms with E-state index in [1.54, 1.807) is 18.2 Å². The SMILES string of the molecule is Cc1cccc(OCCC(=O)OCC(=O)Nc2ccc(Cl)cc2C)c1. The number of hydrogen-bond donors (Lipinski definition) is 1. The van der Waals surface area contributed by atoms with Crippen LogP contribution < -0.4 is 10.1 Å². The number of ether oxygens (including phenoxy) is 2. The molecule has 0 aliphatic heterocycles. The van der Waals surface area contributed by atoms with Crippen molar-refractivity contribution in [2.75, 3.05) is 18.5 Å². The van der Waals surface area contributed by atoms with E-state index in [9.17, 15) is 9.59 Å². The molecule has 2 rings (SSSR count). The lowest BCUT2D eigenvalue weighted by atomic mass is 10.2. The summed E-state index contributed by atoms with van der Waals surface area (Å²) in [6.07, 6.45) is 0.0706. The van der Waals surface area contributed by atoms with E-state index in [1.807, 2.05) is 38.1 Å². The summed E-state index contributed by atoms with van der Waals surface area (Å²) in [6, 6.07) is 12.7. The normalized spacial score (nSPS) is 10.2. The van der Waals surface area contributed by atoms with Crippen molar-refractivity contribution in [1.29, 1.82) is 0 Å². The molecule has 2 aromatic rings. The molecule has 0 saturated carbocycles. The molecule has 25 heavy (non-hydrogen) atoms. The number of amides is 1. The Kier molecular flexibility index (Phi) is 6.83. The Balaban J connectivity index is 1.69. The molecular weight excluding hydrogens is 342 g/mol. The van der Waals surface area contributed by atoms with Gasteiger partial charge in [-0.15, -0.1) is 0 Å². The van der Waals surface area contributed by atoms with Crippen molar-refractivity contribution < 1.29 is 19.1 Å². The van der Waals surface area contributed by atoms with Gasteiger partial charge in [0.05, 0.1) is 13.0 Å². The van der Waals surface area contributed by atoms with Crippen molar-refractivity contribution in [2.24, 2.45) is 0 Å². The third kappa shape index (κ3) is 6.47. The Morgan fingerprint density at radius 1 is 1.12 bits per heavy atom. The van der Waals surface area contributed by atoms with Gasteiger partial charge in [0.2, 0.25) is 0 Å². The predicted molar refractivity (Wildman–Crippen MR) is 97.1 cm³/mol. The van der Waals surface area contributed by atoms with Crippen LogP contribution in [-0.2, 0) is 14.3 Å². The first-order chi connectivity index (χ1) is 11.9. The zero-order valence-electron chi connectivity index (χ0n) is 14.2. The molecule has 2 aromatic carbocycles. The van der Waals surface area contributed by atoms with Gasteiger partial charge in [-0.1, -0.05) is 23.7 Å². The summed E-state index contributed by atoms with van der Waals surface area (Å²) in [5.74, 6) is -0.197. The van der Waals surface area contributed by atoms with Gasteiger partial charge in [-0.2, -0.15) is 0 Å². The molecule has 0 aliphatic carbocycles. The van der Waals surface area contributed by atoms with Crippen LogP contribution in [0.15, 0.2) is 42.5 Å². The van der Waals surface area contributed by atoms with Gasteiger partial charge in [0.1, 0.15) is 5.75 Å². The lowest BCUT2D eigenvalue weighted by Crippen LogP contribution is -2.22. The number of hydrogen-bond acceptors (Lipinski definition) is 4. The molecule has 0 radical (unpaired) electrons. The Bertz CT molecular complexity index is 761. The maximum atomic E-state index is 11.8. The number of nitrogens with one attached hydrogen (secondary N) is 1. The second kappa shape index (κ2) is 9.08. The van der Waals surface area contributed by atoms with E-state index in [-0.39, 0.29) is 19.6 Å². The molecule has 0 heterocycles. The lowest BCUT2D eigenvalue weighted by molar-refractivity contribution is -0.147. The summed E-state index contributed by atoms with van der Waals surface area (Å²) >= 11 is 5.86. The van der Waals surface area contributed by atoms with Gasteiger partial charge in [0.25, 0.3) is 5.91 Å². The van der Waals surface area contributed by atoms with Crippen molar-refractivity contribution in [2.45, 2.75) is 20.3 Å². The third-order valence-corrected chi connectivity index (χ3v) is 3.63. The molecule has 0 aliphatic rings. The maximum Gasteiger partial charge on any atom is 0.309 e. The highest BCUT2D eigenvalue weighted by Crippen LogP contribution is 2.19. The van der Waals surface area contributed by atoms with Gasteiger partial charge >= 0.3 is 5.97 Å². The smallest absolute Gasteiger partial charge is 0.309 e. The standard InChI is InChI=1S/C19H20ClNO4/c1-13-4-3-5-16(10-13)24-9-8-19(23)25-12-18(22)21-17-7-6-15(20)11-14(17)2/h3-7,10-11H,8-9,12H2,1-2H3,(H,21,22). The van der Waals surface area contributed by atoms with Gasteiger partial charge in [0.15, 0.2) is 6.61 Å². The van der Waals surface area contributed by atoms with Crippen molar-refractivity contribution in [3.05, 3.63) is 58.6 Å². The molecule has 1 amide bonds. The molecule has 0 unspecified atom stereocenters. The zero-order valence-corrected chi connectivity index (χ0v) is 14.9. The number of carbonyl (C=O) groups excluding carboxylic acids is 2. The lowest BCUT2D eigenvalue weighted by Gasteiger charge is -2.10. The fourth-order valence-corrected chi connectivity index (χ4v) is 2.36. The second-order valence-electron chi connectivity index (χ2n) is 5.58. The summed E-state index contributed by atoms with van der Waals surface area (Å²) in [5, 5.41) is 3.27. The van der Waals surface area contributed by atoms with Crippen LogP contribution in [0.3, 0.4) is 0 Å².